The van der Waals surface area contributed by atoms with Gasteiger partial charge >= 0.3 is 0 Å². The molecule has 1 unspecified atom stereocenters. The van der Waals surface area contributed by atoms with E-state index in [2.05, 4.69) is 28.2 Å². The molecule has 2 aromatic carbocycles. The molecule has 0 aliphatic heterocycles. The van der Waals surface area contributed by atoms with Gasteiger partial charge in [0.2, 0.25) is 0 Å². The molecule has 0 heterocycles. The second kappa shape index (κ2) is 7.21. The van der Waals surface area contributed by atoms with Crippen LogP contribution in [0.5, 0.6) is 0 Å². The molecule has 0 aliphatic carbocycles. The Labute approximate surface area is 132 Å². The highest BCUT2D eigenvalue weighted by Gasteiger charge is 2.17. The van der Waals surface area contributed by atoms with Crippen LogP contribution >= 0.6 is 27.5 Å². The first-order valence-electron chi connectivity index (χ1n) is 6.55. The van der Waals surface area contributed by atoms with Crippen molar-refractivity contribution in [2.75, 3.05) is 6.54 Å². The molecule has 0 bridgehead atoms. The van der Waals surface area contributed by atoms with Crippen molar-refractivity contribution in [1.82, 2.24) is 5.32 Å². The van der Waals surface area contributed by atoms with Gasteiger partial charge in [0, 0.05) is 9.50 Å². The van der Waals surface area contributed by atoms with Crippen molar-refractivity contribution < 1.29 is 4.39 Å². The lowest BCUT2D eigenvalue weighted by molar-refractivity contribution is 0.584. The molecule has 0 saturated heterocycles. The Morgan fingerprint density at radius 1 is 1.25 bits per heavy atom. The van der Waals surface area contributed by atoms with Crippen molar-refractivity contribution in [1.29, 1.82) is 0 Å². The summed E-state index contributed by atoms with van der Waals surface area (Å²) < 4.78 is 14.4. The predicted octanol–water partition coefficient (Wildman–Crippen LogP) is 5.33. The van der Waals surface area contributed by atoms with Gasteiger partial charge in [0.05, 0.1) is 6.04 Å². The maximum atomic E-state index is 13.5. The molecule has 0 aromatic heterocycles. The zero-order valence-electron chi connectivity index (χ0n) is 11.2. The van der Waals surface area contributed by atoms with E-state index in [0.29, 0.717) is 5.02 Å². The summed E-state index contributed by atoms with van der Waals surface area (Å²) in [4.78, 5) is 0. The summed E-state index contributed by atoms with van der Waals surface area (Å²) >= 11 is 9.64. The van der Waals surface area contributed by atoms with Gasteiger partial charge in [0.1, 0.15) is 5.82 Å². The Bertz CT molecular complexity index is 588. The zero-order chi connectivity index (χ0) is 14.5. The second-order valence-electron chi connectivity index (χ2n) is 4.61. The van der Waals surface area contributed by atoms with Gasteiger partial charge in [-0.1, -0.05) is 46.6 Å². The number of halogens is 3. The van der Waals surface area contributed by atoms with Crippen LogP contribution in [-0.2, 0) is 0 Å². The summed E-state index contributed by atoms with van der Waals surface area (Å²) in [5.74, 6) is -0.232. The molecule has 4 heteroatoms. The number of hydrogen-bond donors (Lipinski definition) is 1. The highest BCUT2D eigenvalue weighted by atomic mass is 79.9. The lowest BCUT2D eigenvalue weighted by atomic mass is 9.98. The van der Waals surface area contributed by atoms with E-state index < -0.39 is 0 Å². The first kappa shape index (κ1) is 15.5. The summed E-state index contributed by atoms with van der Waals surface area (Å²) in [5, 5.41) is 4.11. The van der Waals surface area contributed by atoms with Gasteiger partial charge in [-0.05, 0) is 54.4 Å². The van der Waals surface area contributed by atoms with Crippen LogP contribution in [0.25, 0.3) is 0 Å². The summed E-state index contributed by atoms with van der Waals surface area (Å²) in [6.07, 6.45) is 1.00. The fraction of sp³-hybridized carbons (Fsp3) is 0.250. The van der Waals surface area contributed by atoms with Gasteiger partial charge in [-0.3, -0.25) is 0 Å². The monoisotopic (exact) mass is 355 g/mol. The largest absolute Gasteiger partial charge is 0.306 e. The van der Waals surface area contributed by atoms with Crippen molar-refractivity contribution in [3.63, 3.8) is 0 Å². The third kappa shape index (κ3) is 3.81. The molecule has 0 fully saturated rings. The lowest BCUT2D eigenvalue weighted by Gasteiger charge is -2.21. The predicted molar refractivity (Wildman–Crippen MR) is 85.7 cm³/mol. The Balaban J connectivity index is 2.44. The van der Waals surface area contributed by atoms with Gasteiger partial charge in [0.15, 0.2) is 0 Å². The minimum Gasteiger partial charge on any atom is -0.306 e. The third-order valence-corrected chi connectivity index (χ3v) is 4.01. The average Bonchev–Trinajstić information content (AvgIpc) is 2.43. The SMILES string of the molecule is CCCNC(c1cccc(F)c1)c1cc(Cl)ccc1Br. The van der Waals surface area contributed by atoms with Gasteiger partial charge in [-0.15, -0.1) is 0 Å². The summed E-state index contributed by atoms with van der Waals surface area (Å²) in [5.41, 5.74) is 1.90. The van der Waals surface area contributed by atoms with Crippen LogP contribution in [0.15, 0.2) is 46.9 Å². The summed E-state index contributed by atoms with van der Waals surface area (Å²) in [6, 6.07) is 12.2. The van der Waals surface area contributed by atoms with Gasteiger partial charge in [-0.25, -0.2) is 4.39 Å². The number of hydrogen-bond acceptors (Lipinski definition) is 1. The molecule has 0 saturated carbocycles. The minimum absolute atomic E-state index is 0.0845. The molecular formula is C16H16BrClFN. The van der Waals surface area contributed by atoms with E-state index in [1.54, 1.807) is 12.1 Å². The normalized spacial score (nSPS) is 12.4. The van der Waals surface area contributed by atoms with Crippen LogP contribution < -0.4 is 5.32 Å². The second-order valence-corrected chi connectivity index (χ2v) is 5.90. The standard InChI is InChI=1S/C16H16BrClFN/c1-2-8-20-16(11-4-3-5-13(19)9-11)14-10-12(18)6-7-15(14)17/h3-7,9-10,16,20H,2,8H2,1H3. The van der Waals surface area contributed by atoms with Crippen LogP contribution in [0.2, 0.25) is 5.02 Å². The molecule has 2 rings (SSSR count). The van der Waals surface area contributed by atoms with Crippen LogP contribution in [0.1, 0.15) is 30.5 Å². The van der Waals surface area contributed by atoms with Gasteiger partial charge < -0.3 is 5.32 Å². The van der Waals surface area contributed by atoms with E-state index in [-0.39, 0.29) is 11.9 Å². The van der Waals surface area contributed by atoms with Crippen molar-refractivity contribution >= 4 is 27.5 Å². The molecule has 106 valence electrons. The van der Waals surface area contributed by atoms with Crippen molar-refractivity contribution in [2.24, 2.45) is 0 Å². The summed E-state index contributed by atoms with van der Waals surface area (Å²) in [6.45, 7) is 2.95. The number of benzene rings is 2. The van der Waals surface area contributed by atoms with Crippen molar-refractivity contribution in [2.45, 2.75) is 19.4 Å². The molecule has 0 amide bonds. The van der Waals surface area contributed by atoms with Crippen LogP contribution in [0.4, 0.5) is 4.39 Å². The Kier molecular flexibility index (Phi) is 5.58. The molecular weight excluding hydrogens is 341 g/mol. The third-order valence-electron chi connectivity index (χ3n) is 3.05. The van der Waals surface area contributed by atoms with Gasteiger partial charge in [0.25, 0.3) is 0 Å². The molecule has 1 nitrogen and oxygen atoms in total. The van der Waals surface area contributed by atoms with Crippen LogP contribution in [0, 0.1) is 5.82 Å². The molecule has 0 aliphatic rings. The molecule has 1 N–H and O–H groups in total. The maximum absolute atomic E-state index is 13.5. The van der Waals surface area contributed by atoms with E-state index in [1.165, 1.54) is 6.07 Å². The highest BCUT2D eigenvalue weighted by Crippen LogP contribution is 2.31. The summed E-state index contributed by atoms with van der Waals surface area (Å²) in [7, 11) is 0. The topological polar surface area (TPSA) is 12.0 Å². The molecule has 0 spiro atoms. The first-order valence-corrected chi connectivity index (χ1v) is 7.72. The van der Waals surface area contributed by atoms with E-state index in [4.69, 9.17) is 11.6 Å². The van der Waals surface area contributed by atoms with E-state index in [0.717, 1.165) is 28.6 Å². The minimum atomic E-state index is -0.232. The quantitative estimate of drug-likeness (QED) is 0.763. The fourth-order valence-electron chi connectivity index (χ4n) is 2.12. The fourth-order valence-corrected chi connectivity index (χ4v) is 2.77. The zero-order valence-corrected chi connectivity index (χ0v) is 13.5. The average molecular weight is 357 g/mol. The lowest BCUT2D eigenvalue weighted by Crippen LogP contribution is -2.23. The smallest absolute Gasteiger partial charge is 0.123 e. The van der Waals surface area contributed by atoms with Crippen molar-refractivity contribution in [3.8, 4) is 0 Å². The van der Waals surface area contributed by atoms with E-state index >= 15 is 0 Å². The van der Waals surface area contributed by atoms with Crippen LogP contribution in [-0.4, -0.2) is 6.54 Å². The van der Waals surface area contributed by atoms with E-state index in [9.17, 15) is 4.39 Å². The maximum Gasteiger partial charge on any atom is 0.123 e. The molecule has 2 aromatic rings. The Hall–Kier alpha value is -0.900. The Morgan fingerprint density at radius 3 is 2.75 bits per heavy atom. The highest BCUT2D eigenvalue weighted by molar-refractivity contribution is 9.10. The first-order chi connectivity index (χ1) is 9.61. The van der Waals surface area contributed by atoms with Crippen LogP contribution in [0.3, 0.4) is 0 Å². The molecule has 0 radical (unpaired) electrons. The molecule has 1 atom stereocenters. The number of nitrogens with one attached hydrogen (secondary N) is 1. The Morgan fingerprint density at radius 2 is 2.05 bits per heavy atom. The molecule has 20 heavy (non-hydrogen) atoms. The van der Waals surface area contributed by atoms with Gasteiger partial charge in [-0.2, -0.15) is 0 Å². The number of rotatable bonds is 5. The van der Waals surface area contributed by atoms with Crippen molar-refractivity contribution in [3.05, 3.63) is 68.9 Å². The van der Waals surface area contributed by atoms with E-state index in [1.807, 2.05) is 24.3 Å².